The molecular weight excluding hydrogens is 252 g/mol. The molecule has 110 valence electrons. The van der Waals surface area contributed by atoms with Crippen molar-refractivity contribution in [2.45, 2.75) is 27.2 Å². The van der Waals surface area contributed by atoms with Crippen molar-refractivity contribution in [3.8, 4) is 0 Å². The first-order chi connectivity index (χ1) is 9.54. The molecule has 1 aromatic rings. The van der Waals surface area contributed by atoms with Crippen LogP contribution < -0.4 is 5.32 Å². The first-order valence-corrected chi connectivity index (χ1v) is 7.34. The third-order valence-electron chi connectivity index (χ3n) is 3.67. The zero-order chi connectivity index (χ0) is 14.5. The highest BCUT2D eigenvalue weighted by Crippen LogP contribution is 2.20. The van der Waals surface area contributed by atoms with E-state index in [1.165, 1.54) is 12.6 Å². The molecule has 1 amide bonds. The van der Waals surface area contributed by atoms with Gasteiger partial charge in [-0.25, -0.2) is 4.98 Å². The van der Waals surface area contributed by atoms with Gasteiger partial charge in [-0.05, 0) is 25.2 Å². The number of rotatable bonds is 4. The van der Waals surface area contributed by atoms with Gasteiger partial charge in [0, 0.05) is 32.4 Å². The Labute approximate surface area is 120 Å². The van der Waals surface area contributed by atoms with Crippen LogP contribution in [0.1, 0.15) is 36.5 Å². The maximum atomic E-state index is 11.9. The first kappa shape index (κ1) is 14.9. The van der Waals surface area contributed by atoms with Gasteiger partial charge in [-0.3, -0.25) is 9.78 Å². The fourth-order valence-corrected chi connectivity index (χ4v) is 2.90. The normalized spacial score (nSPS) is 23.6. The van der Waals surface area contributed by atoms with Crippen LogP contribution in [0.15, 0.2) is 12.4 Å². The van der Waals surface area contributed by atoms with Crippen LogP contribution in [-0.4, -0.2) is 47.0 Å². The topological polar surface area (TPSA) is 58.1 Å². The number of amides is 1. The highest BCUT2D eigenvalue weighted by Gasteiger charge is 2.21. The van der Waals surface area contributed by atoms with E-state index in [-0.39, 0.29) is 5.91 Å². The largest absolute Gasteiger partial charge is 0.349 e. The average molecular weight is 276 g/mol. The number of carbonyl (C=O) groups excluding carboxylic acids is 1. The fraction of sp³-hybridized carbons (Fsp3) is 0.667. The highest BCUT2D eigenvalue weighted by molar-refractivity contribution is 5.91. The van der Waals surface area contributed by atoms with Gasteiger partial charge in [0.25, 0.3) is 5.91 Å². The van der Waals surface area contributed by atoms with Crippen molar-refractivity contribution in [2.24, 2.45) is 11.8 Å². The van der Waals surface area contributed by atoms with Crippen LogP contribution in [0.2, 0.25) is 0 Å². The number of likely N-dealkylation sites (tertiary alicyclic amines) is 1. The highest BCUT2D eigenvalue weighted by atomic mass is 16.1. The summed E-state index contributed by atoms with van der Waals surface area (Å²) in [5.41, 5.74) is 1.20. The molecule has 1 aliphatic heterocycles. The molecule has 0 spiro atoms. The quantitative estimate of drug-likeness (QED) is 0.905. The summed E-state index contributed by atoms with van der Waals surface area (Å²) in [7, 11) is 0. The minimum Gasteiger partial charge on any atom is -0.349 e. The second-order valence-electron chi connectivity index (χ2n) is 6.00. The van der Waals surface area contributed by atoms with Gasteiger partial charge >= 0.3 is 0 Å². The minimum absolute atomic E-state index is 0.143. The summed E-state index contributed by atoms with van der Waals surface area (Å²) in [6.45, 7) is 10.3. The molecule has 2 rings (SSSR count). The monoisotopic (exact) mass is 276 g/mol. The molecule has 0 radical (unpaired) electrons. The molecule has 20 heavy (non-hydrogen) atoms. The SMILES string of the molecule is Cc1cnc(C(=O)NCCN2C[C@@H](C)C[C@H](C)C2)cn1. The van der Waals surface area contributed by atoms with Crippen LogP contribution in [0.3, 0.4) is 0 Å². The van der Waals surface area contributed by atoms with Gasteiger partial charge in [-0.1, -0.05) is 13.8 Å². The van der Waals surface area contributed by atoms with E-state index in [2.05, 4.69) is 34.0 Å². The Morgan fingerprint density at radius 2 is 2.00 bits per heavy atom. The van der Waals surface area contributed by atoms with E-state index < -0.39 is 0 Å². The molecule has 0 aromatic carbocycles. The third kappa shape index (κ3) is 4.27. The van der Waals surface area contributed by atoms with Crippen molar-refractivity contribution in [1.82, 2.24) is 20.2 Å². The zero-order valence-corrected chi connectivity index (χ0v) is 12.6. The fourth-order valence-electron chi connectivity index (χ4n) is 2.90. The number of piperidine rings is 1. The maximum absolute atomic E-state index is 11.9. The summed E-state index contributed by atoms with van der Waals surface area (Å²) in [5.74, 6) is 1.35. The number of nitrogens with zero attached hydrogens (tertiary/aromatic N) is 3. The van der Waals surface area contributed by atoms with E-state index in [9.17, 15) is 4.79 Å². The smallest absolute Gasteiger partial charge is 0.271 e. The van der Waals surface area contributed by atoms with Gasteiger partial charge in [0.15, 0.2) is 0 Å². The molecule has 0 bridgehead atoms. The van der Waals surface area contributed by atoms with Crippen molar-refractivity contribution in [3.63, 3.8) is 0 Å². The van der Waals surface area contributed by atoms with E-state index in [4.69, 9.17) is 0 Å². The van der Waals surface area contributed by atoms with Crippen LogP contribution in [0.4, 0.5) is 0 Å². The number of aromatic nitrogens is 2. The Morgan fingerprint density at radius 1 is 1.30 bits per heavy atom. The number of hydrogen-bond acceptors (Lipinski definition) is 4. The summed E-state index contributed by atoms with van der Waals surface area (Å²) in [4.78, 5) is 22.5. The number of hydrogen-bond donors (Lipinski definition) is 1. The van der Waals surface area contributed by atoms with Gasteiger partial charge in [0.05, 0.1) is 11.9 Å². The van der Waals surface area contributed by atoms with Crippen LogP contribution in [0.25, 0.3) is 0 Å². The molecule has 0 saturated carbocycles. The second-order valence-corrected chi connectivity index (χ2v) is 6.00. The molecule has 1 fully saturated rings. The Balaban J connectivity index is 1.75. The van der Waals surface area contributed by atoms with Crippen LogP contribution >= 0.6 is 0 Å². The standard InChI is InChI=1S/C15H24N4O/c1-11-6-12(2)10-19(9-11)5-4-16-15(20)14-8-17-13(3)7-18-14/h7-8,11-12H,4-6,9-10H2,1-3H3,(H,16,20)/t11-,12-/m0/s1. The molecule has 0 aliphatic carbocycles. The Morgan fingerprint density at radius 3 is 2.60 bits per heavy atom. The van der Waals surface area contributed by atoms with Gasteiger partial charge in [-0.2, -0.15) is 0 Å². The van der Waals surface area contributed by atoms with Gasteiger partial charge in [0.1, 0.15) is 5.69 Å². The van der Waals surface area contributed by atoms with Crippen molar-refractivity contribution in [2.75, 3.05) is 26.2 Å². The lowest BCUT2D eigenvalue weighted by Crippen LogP contribution is -2.43. The average Bonchev–Trinajstić information content (AvgIpc) is 2.38. The van der Waals surface area contributed by atoms with Crippen LogP contribution in [-0.2, 0) is 0 Å². The molecular formula is C15H24N4O. The Bertz CT molecular complexity index is 436. The molecule has 0 unspecified atom stereocenters. The van der Waals surface area contributed by atoms with E-state index >= 15 is 0 Å². The molecule has 1 N–H and O–H groups in total. The predicted molar refractivity (Wildman–Crippen MR) is 78.5 cm³/mol. The molecule has 2 heterocycles. The van der Waals surface area contributed by atoms with Gasteiger partial charge in [0.2, 0.25) is 0 Å². The Kier molecular flexibility index (Phi) is 5.06. The maximum Gasteiger partial charge on any atom is 0.271 e. The lowest BCUT2D eigenvalue weighted by atomic mass is 9.92. The molecule has 1 aliphatic rings. The van der Waals surface area contributed by atoms with Gasteiger partial charge < -0.3 is 10.2 Å². The molecule has 2 atom stereocenters. The van der Waals surface area contributed by atoms with Crippen LogP contribution in [0, 0.1) is 18.8 Å². The molecule has 5 heteroatoms. The number of nitrogens with one attached hydrogen (secondary N) is 1. The summed E-state index contributed by atoms with van der Waals surface area (Å²) >= 11 is 0. The van der Waals surface area contributed by atoms with Crippen molar-refractivity contribution >= 4 is 5.91 Å². The zero-order valence-electron chi connectivity index (χ0n) is 12.6. The van der Waals surface area contributed by atoms with E-state index in [1.54, 1.807) is 6.20 Å². The van der Waals surface area contributed by atoms with Crippen molar-refractivity contribution in [3.05, 3.63) is 23.8 Å². The van der Waals surface area contributed by atoms with Gasteiger partial charge in [-0.15, -0.1) is 0 Å². The molecule has 1 aromatic heterocycles. The van der Waals surface area contributed by atoms with E-state index in [0.29, 0.717) is 12.2 Å². The first-order valence-electron chi connectivity index (χ1n) is 7.34. The summed E-state index contributed by atoms with van der Waals surface area (Å²) in [5, 5.41) is 2.91. The summed E-state index contributed by atoms with van der Waals surface area (Å²) < 4.78 is 0. The third-order valence-corrected chi connectivity index (χ3v) is 3.67. The minimum atomic E-state index is -0.143. The molecule has 5 nitrogen and oxygen atoms in total. The summed E-state index contributed by atoms with van der Waals surface area (Å²) in [6.07, 6.45) is 4.44. The number of carbonyl (C=O) groups is 1. The predicted octanol–water partition coefficient (Wildman–Crippen LogP) is 1.49. The Hall–Kier alpha value is -1.49. The molecule has 1 saturated heterocycles. The lowest BCUT2D eigenvalue weighted by molar-refractivity contribution is 0.0931. The number of aryl methyl sites for hydroxylation is 1. The van der Waals surface area contributed by atoms with E-state index in [0.717, 1.165) is 37.2 Å². The van der Waals surface area contributed by atoms with E-state index in [1.807, 2.05) is 6.92 Å². The lowest BCUT2D eigenvalue weighted by Gasteiger charge is -2.34. The van der Waals surface area contributed by atoms with Crippen molar-refractivity contribution in [1.29, 1.82) is 0 Å². The van der Waals surface area contributed by atoms with Crippen LogP contribution in [0.5, 0.6) is 0 Å². The summed E-state index contributed by atoms with van der Waals surface area (Å²) in [6, 6.07) is 0. The van der Waals surface area contributed by atoms with Crippen molar-refractivity contribution < 1.29 is 4.79 Å². The second kappa shape index (κ2) is 6.79.